The van der Waals surface area contributed by atoms with Crippen LogP contribution < -0.4 is 14.8 Å². The molecular weight excluding hydrogens is 322 g/mol. The Morgan fingerprint density at radius 3 is 2.62 bits per heavy atom. The highest BCUT2D eigenvalue weighted by molar-refractivity contribution is 6.32. The van der Waals surface area contributed by atoms with E-state index in [9.17, 15) is 0 Å². The molecule has 0 heterocycles. The van der Waals surface area contributed by atoms with Crippen LogP contribution in [0.3, 0.4) is 0 Å². The molecule has 1 atom stereocenters. The number of rotatable bonds is 8. The number of nitrogens with one attached hydrogen (secondary N) is 1. The van der Waals surface area contributed by atoms with E-state index in [1.807, 2.05) is 24.3 Å². The van der Waals surface area contributed by atoms with Gasteiger partial charge in [0.25, 0.3) is 0 Å². The van der Waals surface area contributed by atoms with Gasteiger partial charge in [0, 0.05) is 12.6 Å². The van der Waals surface area contributed by atoms with Gasteiger partial charge in [-0.3, -0.25) is 0 Å². The Kier molecular flexibility index (Phi) is 6.95. The van der Waals surface area contributed by atoms with Gasteiger partial charge in [-0.15, -0.1) is 0 Å². The molecule has 0 bridgehead atoms. The molecule has 0 amide bonds. The van der Waals surface area contributed by atoms with Crippen molar-refractivity contribution < 1.29 is 9.47 Å². The molecular formula is C20H26ClNO2. The average molecular weight is 348 g/mol. The second-order valence-electron chi connectivity index (χ2n) is 6.08. The Bertz CT molecular complexity index is 673. The summed E-state index contributed by atoms with van der Waals surface area (Å²) in [5.74, 6) is 1.25. The summed E-state index contributed by atoms with van der Waals surface area (Å²) in [4.78, 5) is 0. The maximum absolute atomic E-state index is 6.43. The van der Waals surface area contributed by atoms with Crippen molar-refractivity contribution in [1.82, 2.24) is 5.32 Å². The highest BCUT2D eigenvalue weighted by Gasteiger charge is 2.13. The lowest BCUT2D eigenvalue weighted by Crippen LogP contribution is -2.24. The summed E-state index contributed by atoms with van der Waals surface area (Å²) < 4.78 is 11.4. The summed E-state index contributed by atoms with van der Waals surface area (Å²) in [5.41, 5.74) is 3.40. The summed E-state index contributed by atoms with van der Waals surface area (Å²) in [6, 6.07) is 12.6. The molecule has 0 fully saturated rings. The number of halogens is 1. The van der Waals surface area contributed by atoms with Gasteiger partial charge in [-0.05, 0) is 43.5 Å². The van der Waals surface area contributed by atoms with Crippen LogP contribution in [0.4, 0.5) is 0 Å². The Hall–Kier alpha value is -1.71. The van der Waals surface area contributed by atoms with Crippen molar-refractivity contribution in [3.8, 4) is 11.5 Å². The highest BCUT2D eigenvalue weighted by atomic mass is 35.5. The summed E-state index contributed by atoms with van der Waals surface area (Å²) in [6.07, 6.45) is 1.09. The molecule has 1 N–H and O–H groups in total. The standard InChI is InChI=1S/C20H26ClNO2/c1-5-15(3)22-12-17-10-18(21)20(19(11-17)23-4)24-13-16-8-6-7-14(2)9-16/h6-11,15,22H,5,12-13H2,1-4H3/t15-/m0/s1. The molecule has 4 heteroatoms. The monoisotopic (exact) mass is 347 g/mol. The van der Waals surface area contributed by atoms with Crippen LogP contribution >= 0.6 is 11.6 Å². The summed E-state index contributed by atoms with van der Waals surface area (Å²) in [6.45, 7) is 7.60. The van der Waals surface area contributed by atoms with E-state index in [2.05, 4.69) is 38.2 Å². The minimum absolute atomic E-state index is 0.461. The number of methoxy groups -OCH3 is 1. The van der Waals surface area contributed by atoms with Gasteiger partial charge in [-0.25, -0.2) is 0 Å². The Morgan fingerprint density at radius 1 is 1.17 bits per heavy atom. The molecule has 0 radical (unpaired) electrons. The SMILES string of the molecule is CC[C@H](C)NCc1cc(Cl)c(OCc2cccc(C)c2)c(OC)c1. The highest BCUT2D eigenvalue weighted by Crippen LogP contribution is 2.37. The van der Waals surface area contributed by atoms with Crippen LogP contribution in [0, 0.1) is 6.92 Å². The van der Waals surface area contributed by atoms with Gasteiger partial charge in [-0.1, -0.05) is 48.4 Å². The topological polar surface area (TPSA) is 30.5 Å². The van der Waals surface area contributed by atoms with Crippen molar-refractivity contribution in [2.75, 3.05) is 7.11 Å². The molecule has 0 spiro atoms. The lowest BCUT2D eigenvalue weighted by atomic mass is 10.1. The molecule has 2 aromatic carbocycles. The van der Waals surface area contributed by atoms with E-state index in [0.29, 0.717) is 29.2 Å². The Labute approximate surface area is 149 Å². The quantitative estimate of drug-likeness (QED) is 0.718. The van der Waals surface area contributed by atoms with E-state index < -0.39 is 0 Å². The maximum Gasteiger partial charge on any atom is 0.180 e. The third-order valence-corrected chi connectivity index (χ3v) is 4.30. The van der Waals surface area contributed by atoms with Crippen molar-refractivity contribution >= 4 is 11.6 Å². The van der Waals surface area contributed by atoms with Crippen molar-refractivity contribution in [3.63, 3.8) is 0 Å². The van der Waals surface area contributed by atoms with Gasteiger partial charge >= 0.3 is 0 Å². The van der Waals surface area contributed by atoms with Gasteiger partial charge in [0.1, 0.15) is 6.61 Å². The fraction of sp³-hybridized carbons (Fsp3) is 0.400. The number of hydrogen-bond acceptors (Lipinski definition) is 3. The molecule has 130 valence electrons. The van der Waals surface area contributed by atoms with E-state index in [4.69, 9.17) is 21.1 Å². The Balaban J connectivity index is 2.11. The molecule has 0 aliphatic rings. The van der Waals surface area contributed by atoms with Gasteiger partial charge in [-0.2, -0.15) is 0 Å². The molecule has 0 aromatic heterocycles. The van der Waals surface area contributed by atoms with Crippen LogP contribution in [0.2, 0.25) is 5.02 Å². The van der Waals surface area contributed by atoms with Gasteiger partial charge in [0.2, 0.25) is 0 Å². The molecule has 0 unspecified atom stereocenters. The molecule has 2 rings (SSSR count). The second-order valence-corrected chi connectivity index (χ2v) is 6.48. The number of aryl methyl sites for hydroxylation is 1. The van der Waals surface area contributed by atoms with Gasteiger partial charge in [0.05, 0.1) is 12.1 Å². The average Bonchev–Trinajstić information content (AvgIpc) is 2.58. The minimum Gasteiger partial charge on any atom is -0.493 e. The first kappa shape index (κ1) is 18.6. The summed E-state index contributed by atoms with van der Waals surface area (Å²) >= 11 is 6.43. The first-order chi connectivity index (χ1) is 11.5. The molecule has 3 nitrogen and oxygen atoms in total. The summed E-state index contributed by atoms with van der Waals surface area (Å²) in [7, 11) is 1.64. The van der Waals surface area contributed by atoms with Crippen molar-refractivity contribution in [2.24, 2.45) is 0 Å². The lowest BCUT2D eigenvalue weighted by molar-refractivity contribution is 0.284. The van der Waals surface area contributed by atoms with Crippen LogP contribution in [0.5, 0.6) is 11.5 Å². The zero-order chi connectivity index (χ0) is 17.5. The zero-order valence-corrected chi connectivity index (χ0v) is 15.6. The molecule has 0 aliphatic heterocycles. The van der Waals surface area contributed by atoms with Crippen LogP contribution in [0.25, 0.3) is 0 Å². The van der Waals surface area contributed by atoms with E-state index in [-0.39, 0.29) is 0 Å². The van der Waals surface area contributed by atoms with Crippen LogP contribution in [-0.4, -0.2) is 13.2 Å². The minimum atomic E-state index is 0.461. The zero-order valence-electron chi connectivity index (χ0n) is 14.9. The fourth-order valence-corrected chi connectivity index (χ4v) is 2.70. The maximum atomic E-state index is 6.43. The number of benzene rings is 2. The molecule has 0 saturated carbocycles. The van der Waals surface area contributed by atoms with Gasteiger partial charge in [0.15, 0.2) is 11.5 Å². The fourth-order valence-electron chi connectivity index (χ4n) is 2.41. The molecule has 2 aromatic rings. The van der Waals surface area contributed by atoms with Crippen LogP contribution in [0.15, 0.2) is 36.4 Å². The second kappa shape index (κ2) is 8.95. The molecule has 0 aliphatic carbocycles. The van der Waals surface area contributed by atoms with Crippen molar-refractivity contribution in [1.29, 1.82) is 0 Å². The largest absolute Gasteiger partial charge is 0.493 e. The van der Waals surface area contributed by atoms with E-state index in [1.54, 1.807) is 7.11 Å². The van der Waals surface area contributed by atoms with E-state index in [0.717, 1.165) is 24.1 Å². The summed E-state index contributed by atoms with van der Waals surface area (Å²) in [5, 5.41) is 4.03. The molecule has 24 heavy (non-hydrogen) atoms. The van der Waals surface area contributed by atoms with Crippen LogP contribution in [-0.2, 0) is 13.2 Å². The predicted molar refractivity (Wildman–Crippen MR) is 100 cm³/mol. The third-order valence-electron chi connectivity index (χ3n) is 4.02. The first-order valence-electron chi connectivity index (χ1n) is 8.31. The van der Waals surface area contributed by atoms with E-state index in [1.165, 1.54) is 5.56 Å². The molecule has 0 saturated heterocycles. The third kappa shape index (κ3) is 5.15. The van der Waals surface area contributed by atoms with Crippen molar-refractivity contribution in [2.45, 2.75) is 46.4 Å². The Morgan fingerprint density at radius 2 is 1.96 bits per heavy atom. The normalized spacial score (nSPS) is 12.0. The first-order valence-corrected chi connectivity index (χ1v) is 8.69. The number of hydrogen-bond donors (Lipinski definition) is 1. The number of ether oxygens (including phenoxy) is 2. The smallest absolute Gasteiger partial charge is 0.180 e. The van der Waals surface area contributed by atoms with E-state index >= 15 is 0 Å². The predicted octanol–water partition coefficient (Wildman–Crippen LogP) is 5.12. The van der Waals surface area contributed by atoms with Gasteiger partial charge < -0.3 is 14.8 Å². The lowest BCUT2D eigenvalue weighted by Gasteiger charge is -2.16. The van der Waals surface area contributed by atoms with Crippen LogP contribution in [0.1, 0.15) is 37.0 Å². The van der Waals surface area contributed by atoms with Crippen molar-refractivity contribution in [3.05, 3.63) is 58.1 Å².